The highest BCUT2D eigenvalue weighted by atomic mass is 16.5. The number of hydrogen-bond acceptors (Lipinski definition) is 2. The monoisotopic (exact) mass is 173 g/mol. The van der Waals surface area contributed by atoms with Crippen LogP contribution in [0.4, 0.5) is 0 Å². The van der Waals surface area contributed by atoms with Gasteiger partial charge in [-0.2, -0.15) is 0 Å². The van der Waals surface area contributed by atoms with E-state index in [-0.39, 0.29) is 0 Å². The molecule has 0 amide bonds. The number of benzene rings is 1. The van der Waals surface area contributed by atoms with Crippen molar-refractivity contribution in [2.45, 2.75) is 0 Å². The van der Waals surface area contributed by atoms with Gasteiger partial charge in [0, 0.05) is 11.3 Å². The number of nitrogens with two attached hydrogens (primary N) is 1. The number of fused-ring (bicyclic) bond motifs is 1. The summed E-state index contributed by atoms with van der Waals surface area (Å²) >= 11 is 0. The third-order valence-electron chi connectivity index (χ3n) is 1.93. The van der Waals surface area contributed by atoms with Gasteiger partial charge in [-0.1, -0.05) is 18.2 Å². The smallest absolute Gasteiger partial charge is 0.126 e. The molecule has 0 unspecified atom stereocenters. The van der Waals surface area contributed by atoms with Crippen LogP contribution in [0.1, 0.15) is 5.56 Å². The molecule has 1 heterocycles. The quantitative estimate of drug-likeness (QED) is 0.650. The van der Waals surface area contributed by atoms with Crippen LogP contribution in [-0.4, -0.2) is 6.61 Å². The van der Waals surface area contributed by atoms with Gasteiger partial charge in [-0.05, 0) is 24.3 Å². The molecule has 1 aromatic carbocycles. The molecule has 0 atom stereocenters. The van der Waals surface area contributed by atoms with E-state index in [1.165, 1.54) is 0 Å². The highest BCUT2D eigenvalue weighted by Crippen LogP contribution is 2.20. The zero-order chi connectivity index (χ0) is 9.10. The SMILES string of the molecule is NC1=C/COc2ccccc2/C=C\1. The Morgan fingerprint density at radius 3 is 2.92 bits per heavy atom. The Hall–Kier alpha value is -1.70. The van der Waals surface area contributed by atoms with Crippen molar-refractivity contribution in [3.8, 4) is 5.75 Å². The van der Waals surface area contributed by atoms with E-state index in [1.54, 1.807) is 0 Å². The molecular formula is C11H11NO. The Morgan fingerprint density at radius 1 is 1.15 bits per heavy atom. The second kappa shape index (κ2) is 3.35. The molecule has 2 N–H and O–H groups in total. The van der Waals surface area contributed by atoms with Crippen LogP contribution >= 0.6 is 0 Å². The Kier molecular flexibility index (Phi) is 2.04. The van der Waals surface area contributed by atoms with Crippen molar-refractivity contribution < 1.29 is 4.74 Å². The highest BCUT2D eigenvalue weighted by Gasteiger charge is 2.00. The second-order valence-electron chi connectivity index (χ2n) is 2.89. The van der Waals surface area contributed by atoms with Crippen molar-refractivity contribution >= 4 is 6.08 Å². The van der Waals surface area contributed by atoms with Crippen LogP contribution in [0.5, 0.6) is 5.75 Å². The maximum atomic E-state index is 5.66. The van der Waals surface area contributed by atoms with E-state index in [2.05, 4.69) is 0 Å². The van der Waals surface area contributed by atoms with Crippen molar-refractivity contribution in [1.29, 1.82) is 0 Å². The summed E-state index contributed by atoms with van der Waals surface area (Å²) in [7, 11) is 0. The molecule has 2 rings (SSSR count). The molecular weight excluding hydrogens is 162 g/mol. The maximum Gasteiger partial charge on any atom is 0.126 e. The van der Waals surface area contributed by atoms with E-state index in [0.29, 0.717) is 6.61 Å². The van der Waals surface area contributed by atoms with E-state index < -0.39 is 0 Å². The first-order valence-corrected chi connectivity index (χ1v) is 4.22. The second-order valence-corrected chi connectivity index (χ2v) is 2.89. The lowest BCUT2D eigenvalue weighted by Gasteiger charge is -2.09. The number of allylic oxidation sites excluding steroid dienone is 1. The van der Waals surface area contributed by atoms with Crippen LogP contribution in [0.2, 0.25) is 0 Å². The van der Waals surface area contributed by atoms with Crippen LogP contribution < -0.4 is 10.5 Å². The number of ether oxygens (including phenoxy) is 1. The Labute approximate surface area is 77.3 Å². The lowest BCUT2D eigenvalue weighted by Crippen LogP contribution is -2.02. The van der Waals surface area contributed by atoms with Gasteiger partial charge in [-0.15, -0.1) is 0 Å². The summed E-state index contributed by atoms with van der Waals surface area (Å²) in [6, 6.07) is 7.90. The third kappa shape index (κ3) is 1.72. The molecule has 0 spiro atoms. The molecule has 0 aliphatic carbocycles. The van der Waals surface area contributed by atoms with E-state index in [9.17, 15) is 0 Å². The Bertz CT molecular complexity index is 366. The minimum Gasteiger partial charge on any atom is -0.489 e. The largest absolute Gasteiger partial charge is 0.489 e. The molecule has 0 saturated heterocycles. The average molecular weight is 173 g/mol. The van der Waals surface area contributed by atoms with Gasteiger partial charge >= 0.3 is 0 Å². The van der Waals surface area contributed by atoms with E-state index in [4.69, 9.17) is 10.5 Å². The van der Waals surface area contributed by atoms with E-state index in [0.717, 1.165) is 17.0 Å². The Morgan fingerprint density at radius 2 is 2.00 bits per heavy atom. The molecule has 2 nitrogen and oxygen atoms in total. The summed E-state index contributed by atoms with van der Waals surface area (Å²) in [6.07, 6.45) is 5.70. The van der Waals surface area contributed by atoms with Gasteiger partial charge in [0.25, 0.3) is 0 Å². The number of para-hydroxylation sites is 1. The molecule has 0 radical (unpaired) electrons. The van der Waals surface area contributed by atoms with Gasteiger partial charge in [0.1, 0.15) is 12.4 Å². The molecule has 13 heavy (non-hydrogen) atoms. The molecule has 1 aliphatic heterocycles. The van der Waals surface area contributed by atoms with Crippen molar-refractivity contribution in [1.82, 2.24) is 0 Å². The van der Waals surface area contributed by atoms with Gasteiger partial charge in [0.15, 0.2) is 0 Å². The first-order chi connectivity index (χ1) is 6.36. The van der Waals surface area contributed by atoms with Gasteiger partial charge in [0.2, 0.25) is 0 Å². The molecule has 0 aromatic heterocycles. The number of rotatable bonds is 0. The van der Waals surface area contributed by atoms with E-state index in [1.807, 2.05) is 42.5 Å². The first-order valence-electron chi connectivity index (χ1n) is 4.22. The topological polar surface area (TPSA) is 35.2 Å². The molecule has 0 fully saturated rings. The van der Waals surface area contributed by atoms with Crippen molar-refractivity contribution in [3.05, 3.63) is 47.7 Å². The molecule has 0 saturated carbocycles. The maximum absolute atomic E-state index is 5.66. The van der Waals surface area contributed by atoms with Crippen molar-refractivity contribution in [3.63, 3.8) is 0 Å². The van der Waals surface area contributed by atoms with Crippen molar-refractivity contribution in [2.75, 3.05) is 6.61 Å². The van der Waals surface area contributed by atoms with Crippen molar-refractivity contribution in [2.24, 2.45) is 5.73 Å². The van der Waals surface area contributed by atoms with Crippen LogP contribution in [-0.2, 0) is 0 Å². The molecule has 0 bridgehead atoms. The van der Waals surface area contributed by atoms with Crippen LogP contribution in [0, 0.1) is 0 Å². The molecule has 2 heteroatoms. The predicted molar refractivity (Wildman–Crippen MR) is 53.2 cm³/mol. The Balaban J connectivity index is 2.41. The summed E-state index contributed by atoms with van der Waals surface area (Å²) in [6.45, 7) is 0.535. The lowest BCUT2D eigenvalue weighted by molar-refractivity contribution is 0.361. The standard InChI is InChI=1S/C11H11NO/c12-10-6-5-9-3-1-2-4-11(9)13-8-7-10/h1-7H,8,12H2/b6-5-,10-7+. The summed E-state index contributed by atoms with van der Waals surface area (Å²) in [5, 5.41) is 0. The van der Waals surface area contributed by atoms with Gasteiger partial charge in [-0.3, -0.25) is 0 Å². The summed E-state index contributed by atoms with van der Waals surface area (Å²) in [4.78, 5) is 0. The zero-order valence-electron chi connectivity index (χ0n) is 7.23. The highest BCUT2D eigenvalue weighted by molar-refractivity contribution is 5.59. The molecule has 66 valence electrons. The fourth-order valence-electron chi connectivity index (χ4n) is 1.23. The first kappa shape index (κ1) is 7.92. The van der Waals surface area contributed by atoms with Gasteiger partial charge in [0.05, 0.1) is 0 Å². The fraction of sp³-hybridized carbons (Fsp3) is 0.0909. The minimum atomic E-state index is 0.535. The molecule has 1 aromatic rings. The van der Waals surface area contributed by atoms with E-state index >= 15 is 0 Å². The summed E-state index contributed by atoms with van der Waals surface area (Å²) in [5.74, 6) is 0.905. The zero-order valence-corrected chi connectivity index (χ0v) is 7.23. The lowest BCUT2D eigenvalue weighted by atomic mass is 10.1. The summed E-state index contributed by atoms with van der Waals surface area (Å²) < 4.78 is 5.49. The van der Waals surface area contributed by atoms with Crippen LogP contribution in [0.3, 0.4) is 0 Å². The van der Waals surface area contributed by atoms with Crippen LogP contribution in [0.15, 0.2) is 42.1 Å². The minimum absolute atomic E-state index is 0.535. The van der Waals surface area contributed by atoms with Gasteiger partial charge in [-0.25, -0.2) is 0 Å². The van der Waals surface area contributed by atoms with Gasteiger partial charge < -0.3 is 10.5 Å². The number of hydrogen-bond donors (Lipinski definition) is 1. The average Bonchev–Trinajstić information content (AvgIpc) is 2.13. The van der Waals surface area contributed by atoms with Crippen LogP contribution in [0.25, 0.3) is 6.08 Å². The third-order valence-corrected chi connectivity index (χ3v) is 1.93. The molecule has 1 aliphatic rings. The summed E-state index contributed by atoms with van der Waals surface area (Å²) in [5.41, 5.74) is 7.47. The predicted octanol–water partition coefficient (Wildman–Crippen LogP) is 1.93. The fourth-order valence-corrected chi connectivity index (χ4v) is 1.23. The normalized spacial score (nSPS) is 21.4.